The molecule has 3 N–H and O–H groups in total. The van der Waals surface area contributed by atoms with Crippen LogP contribution in [-0.2, 0) is 9.59 Å². The first-order chi connectivity index (χ1) is 4.20. The lowest BCUT2D eigenvalue weighted by Gasteiger charge is -1.93. The van der Waals surface area contributed by atoms with E-state index in [9.17, 15) is 9.59 Å². The zero-order valence-electron chi connectivity index (χ0n) is 4.76. The molecule has 0 atom stereocenters. The molecule has 52 valence electrons. The molecular formula is C4H8N2O2S. The van der Waals surface area contributed by atoms with Crippen molar-refractivity contribution in [3.05, 3.63) is 0 Å². The van der Waals surface area contributed by atoms with Crippen LogP contribution in [0.5, 0.6) is 0 Å². The van der Waals surface area contributed by atoms with Gasteiger partial charge in [-0.3, -0.25) is 9.59 Å². The van der Waals surface area contributed by atoms with Crippen LogP contribution < -0.4 is 10.5 Å². The highest BCUT2D eigenvalue weighted by Crippen LogP contribution is 1.80. The van der Waals surface area contributed by atoms with Gasteiger partial charge in [-0.25, -0.2) is 0 Å². The lowest BCUT2D eigenvalue weighted by atomic mass is 10.3. The minimum atomic E-state index is -0.422. The minimum absolute atomic E-state index is 0.0960. The molecule has 0 aliphatic heterocycles. The van der Waals surface area contributed by atoms with Crippen molar-refractivity contribution in [1.82, 2.24) is 4.72 Å². The smallest absolute Gasteiger partial charge is 0.237 e. The lowest BCUT2D eigenvalue weighted by Crippen LogP contribution is -2.22. The second-order valence-corrected chi connectivity index (χ2v) is 1.68. The van der Waals surface area contributed by atoms with E-state index in [4.69, 9.17) is 5.73 Å². The van der Waals surface area contributed by atoms with Gasteiger partial charge in [0.15, 0.2) is 5.78 Å². The largest absolute Gasteiger partial charge is 0.324 e. The van der Waals surface area contributed by atoms with Crippen molar-refractivity contribution in [3.63, 3.8) is 0 Å². The van der Waals surface area contributed by atoms with Gasteiger partial charge in [0.05, 0.1) is 13.0 Å². The van der Waals surface area contributed by atoms with Crippen LogP contribution in [0.2, 0.25) is 0 Å². The number of hydrogen-bond acceptors (Lipinski definition) is 4. The predicted molar refractivity (Wildman–Crippen MR) is 35.8 cm³/mol. The predicted octanol–water partition coefficient (Wildman–Crippen LogP) is -1.13. The highest BCUT2D eigenvalue weighted by atomic mass is 32.1. The normalized spacial score (nSPS) is 8.67. The molecule has 0 saturated heterocycles. The maximum Gasteiger partial charge on any atom is 0.237 e. The Morgan fingerprint density at radius 3 is 2.44 bits per heavy atom. The third-order valence-corrected chi connectivity index (χ3v) is 0.959. The molecule has 0 saturated carbocycles. The third kappa shape index (κ3) is 3.99. The van der Waals surface area contributed by atoms with Crippen LogP contribution in [0.25, 0.3) is 0 Å². The Labute approximate surface area is 58.3 Å². The van der Waals surface area contributed by atoms with Gasteiger partial charge in [0.1, 0.15) is 0 Å². The summed E-state index contributed by atoms with van der Waals surface area (Å²) in [6.07, 6.45) is -0.181. The number of nitrogens with one attached hydrogen (secondary N) is 1. The van der Waals surface area contributed by atoms with Crippen molar-refractivity contribution >= 4 is 24.5 Å². The quantitative estimate of drug-likeness (QED) is 0.350. The molecule has 0 bridgehead atoms. The second kappa shape index (κ2) is 4.34. The van der Waals surface area contributed by atoms with Gasteiger partial charge in [0.2, 0.25) is 5.91 Å². The lowest BCUT2D eigenvalue weighted by molar-refractivity contribution is -0.126. The molecule has 5 heteroatoms. The van der Waals surface area contributed by atoms with Gasteiger partial charge >= 0.3 is 0 Å². The molecule has 0 unspecified atom stereocenters. The molecule has 0 aliphatic rings. The third-order valence-electron chi connectivity index (χ3n) is 0.710. The highest BCUT2D eigenvalue weighted by Gasteiger charge is 2.04. The average molecular weight is 148 g/mol. The number of nitrogens with two attached hydrogens (primary N) is 1. The SMILES string of the molecule is NCC(=O)CC(=O)NS. The van der Waals surface area contributed by atoms with Gasteiger partial charge < -0.3 is 10.5 Å². The number of thiol groups is 1. The molecule has 0 aromatic carbocycles. The fraction of sp³-hybridized carbons (Fsp3) is 0.500. The zero-order chi connectivity index (χ0) is 7.28. The van der Waals surface area contributed by atoms with Crippen molar-refractivity contribution in [2.75, 3.05) is 6.54 Å². The Morgan fingerprint density at radius 1 is 1.56 bits per heavy atom. The van der Waals surface area contributed by atoms with E-state index in [1.54, 1.807) is 0 Å². The van der Waals surface area contributed by atoms with E-state index < -0.39 is 5.91 Å². The van der Waals surface area contributed by atoms with Gasteiger partial charge in [-0.05, 0) is 0 Å². The fourth-order valence-corrected chi connectivity index (χ4v) is 0.370. The number of amides is 1. The molecule has 0 radical (unpaired) electrons. The van der Waals surface area contributed by atoms with E-state index in [0.717, 1.165) is 0 Å². The van der Waals surface area contributed by atoms with Crippen molar-refractivity contribution in [3.8, 4) is 0 Å². The van der Waals surface area contributed by atoms with Crippen LogP contribution in [-0.4, -0.2) is 18.2 Å². The van der Waals surface area contributed by atoms with Crippen LogP contribution in [0.1, 0.15) is 6.42 Å². The van der Waals surface area contributed by atoms with Crippen molar-refractivity contribution < 1.29 is 9.59 Å². The van der Waals surface area contributed by atoms with Crippen molar-refractivity contribution in [2.45, 2.75) is 6.42 Å². The Morgan fingerprint density at radius 2 is 2.11 bits per heavy atom. The Bertz CT molecular complexity index is 112. The Hall–Kier alpha value is -0.550. The van der Waals surface area contributed by atoms with Gasteiger partial charge in [-0.2, -0.15) is 0 Å². The van der Waals surface area contributed by atoms with E-state index in [0.29, 0.717) is 0 Å². The van der Waals surface area contributed by atoms with Gasteiger partial charge in [-0.1, -0.05) is 12.8 Å². The molecule has 4 nitrogen and oxygen atoms in total. The number of carbonyl (C=O) groups excluding carboxylic acids is 2. The minimum Gasteiger partial charge on any atom is -0.324 e. The summed E-state index contributed by atoms with van der Waals surface area (Å²) in [7, 11) is 0. The highest BCUT2D eigenvalue weighted by molar-refractivity contribution is 7.78. The number of Topliss-reactive ketones (excluding diaryl/α,β-unsaturated/α-hetero) is 1. The molecule has 0 spiro atoms. The summed E-state index contributed by atoms with van der Waals surface area (Å²) in [4.78, 5) is 20.7. The number of hydrogen-bond donors (Lipinski definition) is 3. The standard InChI is InChI=1S/C4H8N2O2S/c5-2-3(7)1-4(8)6-9/h9H,1-2,5H2,(H,6,8). The molecule has 0 aliphatic carbocycles. The van der Waals surface area contributed by atoms with E-state index in [1.165, 1.54) is 0 Å². The maximum atomic E-state index is 10.4. The molecular weight excluding hydrogens is 140 g/mol. The summed E-state index contributed by atoms with van der Waals surface area (Å²) < 4.78 is 2.01. The Balaban J connectivity index is 3.47. The van der Waals surface area contributed by atoms with Crippen LogP contribution in [0.4, 0.5) is 0 Å². The average Bonchev–Trinajstić information content (AvgIpc) is 1.87. The van der Waals surface area contributed by atoms with E-state index in [-0.39, 0.29) is 18.7 Å². The van der Waals surface area contributed by atoms with Crippen LogP contribution in [0.3, 0.4) is 0 Å². The Kier molecular flexibility index (Phi) is 4.08. The molecule has 0 aromatic heterocycles. The van der Waals surface area contributed by atoms with Crippen LogP contribution >= 0.6 is 12.8 Å². The van der Waals surface area contributed by atoms with E-state index >= 15 is 0 Å². The first-order valence-corrected chi connectivity index (χ1v) is 2.80. The summed E-state index contributed by atoms with van der Waals surface area (Å²) in [5, 5.41) is 0. The van der Waals surface area contributed by atoms with Gasteiger partial charge in [0, 0.05) is 0 Å². The zero-order valence-corrected chi connectivity index (χ0v) is 5.65. The summed E-state index contributed by atoms with van der Waals surface area (Å²) in [6, 6.07) is 0. The summed E-state index contributed by atoms with van der Waals surface area (Å²) >= 11 is 3.44. The topological polar surface area (TPSA) is 72.2 Å². The maximum absolute atomic E-state index is 10.4. The monoisotopic (exact) mass is 148 g/mol. The fourth-order valence-electron chi connectivity index (χ4n) is 0.291. The summed E-state index contributed by atoms with van der Waals surface area (Å²) in [5.41, 5.74) is 4.92. The van der Waals surface area contributed by atoms with Gasteiger partial charge in [0.25, 0.3) is 0 Å². The molecule has 0 fully saturated rings. The molecule has 9 heavy (non-hydrogen) atoms. The summed E-state index contributed by atoms with van der Waals surface area (Å²) in [6.45, 7) is -0.0960. The van der Waals surface area contributed by atoms with Crippen LogP contribution in [0.15, 0.2) is 0 Å². The van der Waals surface area contributed by atoms with Crippen molar-refractivity contribution in [2.24, 2.45) is 5.73 Å². The first kappa shape index (κ1) is 8.45. The van der Waals surface area contributed by atoms with E-state index in [2.05, 4.69) is 12.8 Å². The molecule has 0 rings (SSSR count). The van der Waals surface area contributed by atoms with Gasteiger partial charge in [-0.15, -0.1) is 0 Å². The molecule has 0 aromatic rings. The summed E-state index contributed by atoms with van der Waals surface area (Å²) in [5.74, 6) is -0.713. The van der Waals surface area contributed by atoms with Crippen molar-refractivity contribution in [1.29, 1.82) is 0 Å². The molecule has 1 amide bonds. The molecule has 0 heterocycles. The van der Waals surface area contributed by atoms with E-state index in [1.807, 2.05) is 4.72 Å². The number of ketones is 1. The van der Waals surface area contributed by atoms with Crippen LogP contribution in [0, 0.1) is 0 Å². The number of carbonyl (C=O) groups is 2. The first-order valence-electron chi connectivity index (χ1n) is 2.35. The second-order valence-electron chi connectivity index (χ2n) is 1.45. The number of rotatable bonds is 3.